The maximum absolute atomic E-state index is 13.8. The minimum absolute atomic E-state index is 0.0985. The van der Waals surface area contributed by atoms with Gasteiger partial charge in [-0.05, 0) is 24.3 Å². The highest BCUT2D eigenvalue weighted by Gasteiger charge is 2.24. The minimum Gasteiger partial charge on any atom is -0.452 e. The number of carbonyl (C=O) groups is 2. The van der Waals surface area contributed by atoms with Crippen LogP contribution >= 0.6 is 11.6 Å². The van der Waals surface area contributed by atoms with Crippen molar-refractivity contribution in [3.63, 3.8) is 0 Å². The van der Waals surface area contributed by atoms with Crippen molar-refractivity contribution in [2.75, 3.05) is 25.0 Å². The van der Waals surface area contributed by atoms with Crippen molar-refractivity contribution < 1.29 is 32.1 Å². The first kappa shape index (κ1) is 25.2. The number of hydrogen-bond acceptors (Lipinski definition) is 7. The number of amides is 1. The fourth-order valence-corrected chi connectivity index (χ4v) is 4.33. The number of rotatable bonds is 9. The summed E-state index contributed by atoms with van der Waals surface area (Å²) in [6.07, 6.45) is 0. The molecule has 0 aliphatic rings. The van der Waals surface area contributed by atoms with Crippen molar-refractivity contribution in [2.24, 2.45) is 0 Å². The Morgan fingerprint density at radius 3 is 2.44 bits per heavy atom. The van der Waals surface area contributed by atoms with Crippen LogP contribution < -0.4 is 5.32 Å². The van der Waals surface area contributed by atoms with Gasteiger partial charge in [-0.1, -0.05) is 25.4 Å². The first-order valence-corrected chi connectivity index (χ1v) is 11.0. The molecule has 10 nitrogen and oxygen atoms in total. The summed E-state index contributed by atoms with van der Waals surface area (Å²) in [6, 6.07) is 6.04. The van der Waals surface area contributed by atoms with E-state index >= 15 is 0 Å². The molecule has 2 aromatic rings. The maximum Gasteiger partial charge on any atom is 0.340 e. The molecule has 0 heterocycles. The van der Waals surface area contributed by atoms with Crippen LogP contribution in [-0.2, 0) is 19.6 Å². The van der Waals surface area contributed by atoms with E-state index in [9.17, 15) is 32.5 Å². The number of nitro benzene ring substituents is 1. The Balaban J connectivity index is 2.14. The summed E-state index contributed by atoms with van der Waals surface area (Å²) >= 11 is 5.98. The van der Waals surface area contributed by atoms with Crippen molar-refractivity contribution >= 4 is 44.9 Å². The van der Waals surface area contributed by atoms with Crippen LogP contribution in [0.25, 0.3) is 0 Å². The van der Waals surface area contributed by atoms with E-state index in [1.165, 1.54) is 16.4 Å². The zero-order chi connectivity index (χ0) is 24.1. The van der Waals surface area contributed by atoms with Crippen LogP contribution in [0.4, 0.5) is 15.8 Å². The Morgan fingerprint density at radius 1 is 1.19 bits per heavy atom. The smallest absolute Gasteiger partial charge is 0.340 e. The van der Waals surface area contributed by atoms with Gasteiger partial charge in [-0.15, -0.1) is 0 Å². The largest absolute Gasteiger partial charge is 0.452 e. The second-order valence-electron chi connectivity index (χ2n) is 6.28. The molecular formula is C19H19ClFN3O7S. The van der Waals surface area contributed by atoms with E-state index in [0.29, 0.717) is 0 Å². The van der Waals surface area contributed by atoms with Gasteiger partial charge in [0.2, 0.25) is 10.0 Å². The number of ether oxygens (including phenoxy) is 1. The Kier molecular flexibility index (Phi) is 8.25. The SMILES string of the molecule is CCN(CC)S(=O)(=O)c1ccc(Cl)c(C(=O)OCC(=O)Nc2cc([N+](=O)[O-])ccc2F)c1. The highest BCUT2D eigenvalue weighted by molar-refractivity contribution is 7.89. The lowest BCUT2D eigenvalue weighted by Crippen LogP contribution is -2.30. The van der Waals surface area contributed by atoms with Crippen LogP contribution in [0.1, 0.15) is 24.2 Å². The minimum atomic E-state index is -3.87. The molecule has 2 aromatic carbocycles. The van der Waals surface area contributed by atoms with Gasteiger partial charge < -0.3 is 10.1 Å². The standard InChI is InChI=1S/C19H19ClFN3O7S/c1-3-23(4-2)32(29,30)13-6-7-15(20)14(10-13)19(26)31-11-18(25)22-17-9-12(24(27)28)5-8-16(17)21/h5-10H,3-4,11H2,1-2H3,(H,22,25). The van der Waals surface area contributed by atoms with Crippen molar-refractivity contribution in [1.29, 1.82) is 0 Å². The summed E-state index contributed by atoms with van der Waals surface area (Å²) < 4.78 is 45.1. The molecule has 0 spiro atoms. The number of nitro groups is 1. The third kappa shape index (κ3) is 5.78. The van der Waals surface area contributed by atoms with E-state index in [1.54, 1.807) is 13.8 Å². The molecule has 0 aromatic heterocycles. The van der Waals surface area contributed by atoms with Gasteiger partial charge in [-0.3, -0.25) is 14.9 Å². The number of sulfonamides is 1. The van der Waals surface area contributed by atoms with Gasteiger partial charge in [0.1, 0.15) is 5.82 Å². The number of anilines is 1. The highest BCUT2D eigenvalue weighted by Crippen LogP contribution is 2.24. The molecule has 0 unspecified atom stereocenters. The van der Waals surface area contributed by atoms with Gasteiger partial charge in [-0.2, -0.15) is 4.31 Å². The number of carbonyl (C=O) groups excluding carboxylic acids is 2. The fraction of sp³-hybridized carbons (Fsp3) is 0.263. The van der Waals surface area contributed by atoms with E-state index in [2.05, 4.69) is 5.32 Å². The zero-order valence-corrected chi connectivity index (χ0v) is 18.6. The molecule has 0 fully saturated rings. The molecule has 0 atom stereocenters. The molecule has 32 heavy (non-hydrogen) atoms. The normalized spacial score (nSPS) is 11.3. The van der Waals surface area contributed by atoms with Crippen molar-refractivity contribution in [1.82, 2.24) is 4.31 Å². The topological polar surface area (TPSA) is 136 Å². The van der Waals surface area contributed by atoms with Crippen LogP contribution in [0, 0.1) is 15.9 Å². The summed E-state index contributed by atoms with van der Waals surface area (Å²) in [5.41, 5.74) is -1.20. The van der Waals surface area contributed by atoms with E-state index in [1.807, 2.05) is 0 Å². The Labute approximate surface area is 188 Å². The first-order valence-electron chi connectivity index (χ1n) is 9.21. The van der Waals surface area contributed by atoms with Gasteiger partial charge in [-0.25, -0.2) is 17.6 Å². The second-order valence-corrected chi connectivity index (χ2v) is 8.62. The number of non-ortho nitro benzene ring substituents is 1. The van der Waals surface area contributed by atoms with Gasteiger partial charge in [0, 0.05) is 25.2 Å². The van der Waals surface area contributed by atoms with E-state index in [0.717, 1.165) is 24.3 Å². The maximum atomic E-state index is 13.8. The molecule has 172 valence electrons. The molecule has 0 saturated heterocycles. The molecule has 0 aliphatic heterocycles. The Bertz CT molecular complexity index is 1150. The summed E-state index contributed by atoms with van der Waals surface area (Å²) in [7, 11) is -3.87. The number of nitrogens with one attached hydrogen (secondary N) is 1. The predicted octanol–water partition coefficient (Wildman–Crippen LogP) is 3.21. The second kappa shape index (κ2) is 10.5. The van der Waals surface area contributed by atoms with Crippen LogP contribution in [0.5, 0.6) is 0 Å². The predicted molar refractivity (Wildman–Crippen MR) is 114 cm³/mol. The molecule has 0 bridgehead atoms. The summed E-state index contributed by atoms with van der Waals surface area (Å²) in [5.74, 6) is -2.98. The summed E-state index contributed by atoms with van der Waals surface area (Å²) in [4.78, 5) is 34.2. The summed E-state index contributed by atoms with van der Waals surface area (Å²) in [6.45, 7) is 2.89. The lowest BCUT2D eigenvalue weighted by atomic mass is 10.2. The van der Waals surface area contributed by atoms with Crippen molar-refractivity contribution in [2.45, 2.75) is 18.7 Å². The van der Waals surface area contributed by atoms with E-state index < -0.39 is 50.6 Å². The van der Waals surface area contributed by atoms with Crippen LogP contribution in [0.15, 0.2) is 41.3 Å². The van der Waals surface area contributed by atoms with Crippen molar-refractivity contribution in [3.8, 4) is 0 Å². The highest BCUT2D eigenvalue weighted by atomic mass is 35.5. The molecule has 13 heteroatoms. The van der Waals surface area contributed by atoms with Gasteiger partial charge in [0.25, 0.3) is 11.6 Å². The van der Waals surface area contributed by atoms with Gasteiger partial charge in [0.15, 0.2) is 6.61 Å². The van der Waals surface area contributed by atoms with E-state index in [4.69, 9.17) is 16.3 Å². The zero-order valence-electron chi connectivity index (χ0n) is 17.0. The lowest BCUT2D eigenvalue weighted by Gasteiger charge is -2.19. The quantitative estimate of drug-likeness (QED) is 0.326. The lowest BCUT2D eigenvalue weighted by molar-refractivity contribution is -0.384. The average Bonchev–Trinajstić information content (AvgIpc) is 2.74. The molecular weight excluding hydrogens is 469 g/mol. The Hall–Kier alpha value is -3.09. The molecule has 1 N–H and O–H groups in total. The van der Waals surface area contributed by atoms with Crippen molar-refractivity contribution in [3.05, 3.63) is 62.9 Å². The number of halogens is 2. The summed E-state index contributed by atoms with van der Waals surface area (Å²) in [5, 5.41) is 12.7. The third-order valence-electron chi connectivity index (χ3n) is 4.27. The molecule has 0 saturated carbocycles. The Morgan fingerprint density at radius 2 is 1.84 bits per heavy atom. The van der Waals surface area contributed by atoms with E-state index in [-0.39, 0.29) is 28.6 Å². The third-order valence-corrected chi connectivity index (χ3v) is 6.65. The van der Waals surface area contributed by atoms with Gasteiger partial charge >= 0.3 is 5.97 Å². The average molecular weight is 488 g/mol. The number of hydrogen-bond donors (Lipinski definition) is 1. The molecule has 0 aliphatic carbocycles. The fourth-order valence-electron chi connectivity index (χ4n) is 2.65. The molecule has 1 amide bonds. The number of nitrogens with zero attached hydrogens (tertiary/aromatic N) is 2. The molecule has 0 radical (unpaired) electrons. The van der Waals surface area contributed by atoms with Crippen LogP contribution in [0.3, 0.4) is 0 Å². The van der Waals surface area contributed by atoms with Gasteiger partial charge in [0.05, 0.1) is 26.1 Å². The number of benzene rings is 2. The number of esters is 1. The first-order chi connectivity index (χ1) is 15.0. The monoisotopic (exact) mass is 487 g/mol. The molecule has 2 rings (SSSR count). The van der Waals surface area contributed by atoms with Crippen LogP contribution in [-0.4, -0.2) is 49.2 Å². The van der Waals surface area contributed by atoms with Crippen LogP contribution in [0.2, 0.25) is 5.02 Å².